The molecule has 1 fully saturated rings. The molecule has 0 saturated carbocycles. The van der Waals surface area contributed by atoms with E-state index in [1.807, 2.05) is 12.1 Å². The molecular formula is C15H20N2O2. The number of aryl methyl sites for hydroxylation is 1. The largest absolute Gasteiger partial charge is 0.496 e. The molecule has 4 nitrogen and oxygen atoms in total. The molecule has 1 aromatic carbocycles. The maximum Gasteiger partial charge on any atom is 0.128 e. The summed E-state index contributed by atoms with van der Waals surface area (Å²) in [7, 11) is 3.81. The van der Waals surface area contributed by atoms with Gasteiger partial charge in [0.05, 0.1) is 19.2 Å². The van der Waals surface area contributed by atoms with Crippen molar-refractivity contribution in [1.82, 2.24) is 9.88 Å². The normalized spacial score (nSPS) is 20.4. The maximum atomic E-state index is 5.53. The molecule has 1 aliphatic heterocycles. The number of hydrogen-bond acceptors (Lipinski definition) is 3. The SMILES string of the molecule is COc1cccc2c1c(C1CCOCCN1)cn2C. The highest BCUT2D eigenvalue weighted by atomic mass is 16.5. The van der Waals surface area contributed by atoms with E-state index < -0.39 is 0 Å². The first-order chi connectivity index (χ1) is 9.31. The van der Waals surface area contributed by atoms with Crippen molar-refractivity contribution in [1.29, 1.82) is 0 Å². The van der Waals surface area contributed by atoms with Crippen LogP contribution in [0.4, 0.5) is 0 Å². The van der Waals surface area contributed by atoms with Gasteiger partial charge in [0.1, 0.15) is 5.75 Å². The Balaban J connectivity index is 2.11. The zero-order valence-corrected chi connectivity index (χ0v) is 11.5. The fourth-order valence-electron chi connectivity index (χ4n) is 2.86. The topological polar surface area (TPSA) is 35.4 Å². The Morgan fingerprint density at radius 3 is 3.11 bits per heavy atom. The van der Waals surface area contributed by atoms with Gasteiger partial charge in [-0.2, -0.15) is 0 Å². The summed E-state index contributed by atoms with van der Waals surface area (Å²) in [5.74, 6) is 0.945. The number of methoxy groups -OCH3 is 1. The molecule has 1 saturated heterocycles. The van der Waals surface area contributed by atoms with Crippen LogP contribution in [0.2, 0.25) is 0 Å². The molecule has 1 N–H and O–H groups in total. The van der Waals surface area contributed by atoms with Gasteiger partial charge in [0, 0.05) is 37.8 Å². The van der Waals surface area contributed by atoms with E-state index in [4.69, 9.17) is 9.47 Å². The number of fused-ring (bicyclic) bond motifs is 1. The monoisotopic (exact) mass is 260 g/mol. The van der Waals surface area contributed by atoms with Crippen LogP contribution in [0.25, 0.3) is 10.9 Å². The van der Waals surface area contributed by atoms with Crippen LogP contribution >= 0.6 is 0 Å². The van der Waals surface area contributed by atoms with Crippen molar-refractivity contribution in [2.45, 2.75) is 12.5 Å². The van der Waals surface area contributed by atoms with Gasteiger partial charge in [-0.1, -0.05) is 6.07 Å². The lowest BCUT2D eigenvalue weighted by Crippen LogP contribution is -2.21. The lowest BCUT2D eigenvalue weighted by Gasteiger charge is -2.15. The first-order valence-corrected chi connectivity index (χ1v) is 6.74. The minimum Gasteiger partial charge on any atom is -0.496 e. The minimum absolute atomic E-state index is 0.336. The van der Waals surface area contributed by atoms with Gasteiger partial charge in [-0.25, -0.2) is 0 Å². The van der Waals surface area contributed by atoms with E-state index in [1.54, 1.807) is 7.11 Å². The predicted molar refractivity (Wildman–Crippen MR) is 75.7 cm³/mol. The molecule has 2 aromatic rings. The van der Waals surface area contributed by atoms with Crippen molar-refractivity contribution in [3.05, 3.63) is 30.0 Å². The fourth-order valence-corrected chi connectivity index (χ4v) is 2.86. The number of nitrogens with zero attached hydrogens (tertiary/aromatic N) is 1. The molecule has 0 aliphatic carbocycles. The average molecular weight is 260 g/mol. The van der Waals surface area contributed by atoms with Crippen LogP contribution in [0.3, 0.4) is 0 Å². The summed E-state index contributed by atoms with van der Waals surface area (Å²) in [6.07, 6.45) is 3.20. The molecule has 0 radical (unpaired) electrons. The molecule has 1 aliphatic rings. The van der Waals surface area contributed by atoms with Crippen molar-refractivity contribution in [2.75, 3.05) is 26.9 Å². The maximum absolute atomic E-state index is 5.53. The summed E-state index contributed by atoms with van der Waals surface area (Å²) in [5.41, 5.74) is 2.52. The second-order valence-electron chi connectivity index (χ2n) is 4.96. The van der Waals surface area contributed by atoms with Crippen molar-refractivity contribution in [2.24, 2.45) is 7.05 Å². The van der Waals surface area contributed by atoms with E-state index in [9.17, 15) is 0 Å². The van der Waals surface area contributed by atoms with Crippen molar-refractivity contribution in [3.8, 4) is 5.75 Å². The van der Waals surface area contributed by atoms with E-state index in [1.165, 1.54) is 16.5 Å². The molecular weight excluding hydrogens is 240 g/mol. The smallest absolute Gasteiger partial charge is 0.128 e. The molecule has 102 valence electrons. The Kier molecular flexibility index (Phi) is 3.44. The van der Waals surface area contributed by atoms with E-state index in [-0.39, 0.29) is 0 Å². The highest BCUT2D eigenvalue weighted by Crippen LogP contribution is 2.34. The Bertz CT molecular complexity index is 569. The third kappa shape index (κ3) is 2.22. The minimum atomic E-state index is 0.336. The highest BCUT2D eigenvalue weighted by Gasteiger charge is 2.20. The third-order valence-electron chi connectivity index (χ3n) is 3.79. The van der Waals surface area contributed by atoms with E-state index in [2.05, 4.69) is 29.2 Å². The molecule has 0 spiro atoms. The summed E-state index contributed by atoms with van der Waals surface area (Å²) >= 11 is 0. The second-order valence-corrected chi connectivity index (χ2v) is 4.96. The molecule has 19 heavy (non-hydrogen) atoms. The summed E-state index contributed by atoms with van der Waals surface area (Å²) in [5, 5.41) is 4.78. The van der Waals surface area contributed by atoms with E-state index in [0.717, 1.165) is 31.9 Å². The van der Waals surface area contributed by atoms with Crippen LogP contribution in [0.1, 0.15) is 18.0 Å². The Morgan fingerprint density at radius 1 is 1.37 bits per heavy atom. The number of rotatable bonds is 2. The number of nitrogens with one attached hydrogen (secondary N) is 1. The van der Waals surface area contributed by atoms with Gasteiger partial charge < -0.3 is 19.4 Å². The van der Waals surface area contributed by atoms with Crippen LogP contribution in [0.5, 0.6) is 5.75 Å². The Morgan fingerprint density at radius 2 is 2.26 bits per heavy atom. The summed E-state index contributed by atoms with van der Waals surface area (Å²) in [6.45, 7) is 2.50. The van der Waals surface area contributed by atoms with Gasteiger partial charge in [-0.15, -0.1) is 0 Å². The van der Waals surface area contributed by atoms with Crippen LogP contribution in [0, 0.1) is 0 Å². The Hall–Kier alpha value is -1.52. The van der Waals surface area contributed by atoms with Gasteiger partial charge in [0.15, 0.2) is 0 Å². The molecule has 1 unspecified atom stereocenters. The zero-order valence-electron chi connectivity index (χ0n) is 11.5. The Labute approximate surface area is 113 Å². The summed E-state index contributed by atoms with van der Waals surface area (Å²) in [6, 6.07) is 6.53. The molecule has 4 heteroatoms. The summed E-state index contributed by atoms with van der Waals surface area (Å²) < 4.78 is 13.2. The van der Waals surface area contributed by atoms with Gasteiger partial charge in [0.25, 0.3) is 0 Å². The molecule has 3 rings (SSSR count). The van der Waals surface area contributed by atoms with Gasteiger partial charge in [0.2, 0.25) is 0 Å². The highest BCUT2D eigenvalue weighted by molar-refractivity contribution is 5.90. The predicted octanol–water partition coefficient (Wildman–Crippen LogP) is 2.24. The van der Waals surface area contributed by atoms with Crippen molar-refractivity contribution >= 4 is 10.9 Å². The molecule has 1 atom stereocenters. The van der Waals surface area contributed by atoms with E-state index >= 15 is 0 Å². The second kappa shape index (κ2) is 5.23. The molecule has 0 amide bonds. The zero-order chi connectivity index (χ0) is 13.2. The first-order valence-electron chi connectivity index (χ1n) is 6.74. The number of hydrogen-bond donors (Lipinski definition) is 1. The lowest BCUT2D eigenvalue weighted by molar-refractivity contribution is 0.150. The fraction of sp³-hybridized carbons (Fsp3) is 0.467. The number of ether oxygens (including phenoxy) is 2. The molecule has 0 bridgehead atoms. The van der Waals surface area contributed by atoms with Crippen molar-refractivity contribution in [3.63, 3.8) is 0 Å². The first kappa shape index (κ1) is 12.5. The lowest BCUT2D eigenvalue weighted by atomic mass is 10.0. The van der Waals surface area contributed by atoms with Gasteiger partial charge >= 0.3 is 0 Å². The van der Waals surface area contributed by atoms with Crippen LogP contribution < -0.4 is 10.1 Å². The van der Waals surface area contributed by atoms with Crippen LogP contribution in [0.15, 0.2) is 24.4 Å². The standard InChI is InChI=1S/C15H20N2O2/c1-17-10-11(12-6-8-19-9-7-16-12)15-13(17)4-3-5-14(15)18-2/h3-5,10,12,16H,6-9H2,1-2H3. The molecule has 2 heterocycles. The van der Waals surface area contributed by atoms with Crippen molar-refractivity contribution < 1.29 is 9.47 Å². The van der Waals surface area contributed by atoms with Gasteiger partial charge in [-0.3, -0.25) is 0 Å². The quantitative estimate of drug-likeness (QED) is 0.899. The van der Waals surface area contributed by atoms with Gasteiger partial charge in [-0.05, 0) is 24.1 Å². The third-order valence-corrected chi connectivity index (χ3v) is 3.79. The van der Waals surface area contributed by atoms with Crippen LogP contribution in [-0.4, -0.2) is 31.4 Å². The molecule has 1 aromatic heterocycles. The summed E-state index contributed by atoms with van der Waals surface area (Å²) in [4.78, 5) is 0. The van der Waals surface area contributed by atoms with E-state index in [0.29, 0.717) is 6.04 Å². The van der Waals surface area contributed by atoms with Crippen LogP contribution in [-0.2, 0) is 11.8 Å². The average Bonchev–Trinajstić information content (AvgIpc) is 2.65. The number of aromatic nitrogens is 1. The number of benzene rings is 1.